The van der Waals surface area contributed by atoms with E-state index in [1.54, 1.807) is 14.2 Å². The van der Waals surface area contributed by atoms with Crippen LogP contribution in [-0.2, 0) is 6.42 Å². The first-order valence-electron chi connectivity index (χ1n) is 6.67. The number of halogens is 1. The number of ether oxygens (including phenoxy) is 2. The van der Waals surface area contributed by atoms with Crippen LogP contribution in [0.1, 0.15) is 22.7 Å². The molecule has 0 bridgehead atoms. The molecule has 114 valence electrons. The van der Waals surface area contributed by atoms with Crippen LogP contribution in [-0.4, -0.2) is 14.2 Å². The van der Waals surface area contributed by atoms with E-state index in [1.807, 2.05) is 18.2 Å². The minimum absolute atomic E-state index is 0. The molecule has 0 heterocycles. The van der Waals surface area contributed by atoms with Gasteiger partial charge in [-0.1, -0.05) is 35.9 Å². The van der Waals surface area contributed by atoms with E-state index in [1.165, 1.54) is 5.56 Å². The highest BCUT2D eigenvalue weighted by molar-refractivity contribution is 5.85. The first-order chi connectivity index (χ1) is 9.63. The summed E-state index contributed by atoms with van der Waals surface area (Å²) in [6, 6.07) is 14.2. The molecule has 2 N–H and O–H groups in total. The molecule has 21 heavy (non-hydrogen) atoms. The van der Waals surface area contributed by atoms with E-state index in [0.717, 1.165) is 29.0 Å². The molecule has 2 rings (SSSR count). The summed E-state index contributed by atoms with van der Waals surface area (Å²) in [7, 11) is 3.27. The summed E-state index contributed by atoms with van der Waals surface area (Å²) >= 11 is 0. The molecule has 0 fully saturated rings. The summed E-state index contributed by atoms with van der Waals surface area (Å²) < 4.78 is 10.6. The van der Waals surface area contributed by atoms with Gasteiger partial charge in [0.05, 0.1) is 14.2 Å². The second-order valence-corrected chi connectivity index (χ2v) is 4.91. The molecule has 1 atom stereocenters. The van der Waals surface area contributed by atoms with Crippen LogP contribution in [0.3, 0.4) is 0 Å². The Morgan fingerprint density at radius 2 is 1.57 bits per heavy atom. The number of nitrogens with two attached hydrogens (primary N) is 1. The van der Waals surface area contributed by atoms with E-state index in [0.29, 0.717) is 0 Å². The maximum absolute atomic E-state index is 6.27. The molecule has 0 saturated carbocycles. The molecule has 0 aliphatic rings. The SMILES string of the molecule is COc1ccc(CC(N)c2ccc(C)cc2)cc1OC.Cl. The summed E-state index contributed by atoms with van der Waals surface area (Å²) in [5.41, 5.74) is 9.79. The average Bonchev–Trinajstić information content (AvgIpc) is 2.47. The molecular formula is C17H22ClNO2. The molecule has 0 saturated heterocycles. The zero-order valence-corrected chi connectivity index (χ0v) is 13.4. The van der Waals surface area contributed by atoms with Crippen molar-refractivity contribution in [3.8, 4) is 11.5 Å². The van der Waals surface area contributed by atoms with Crippen LogP contribution in [0.2, 0.25) is 0 Å². The van der Waals surface area contributed by atoms with Crippen molar-refractivity contribution in [3.05, 3.63) is 59.2 Å². The number of benzene rings is 2. The van der Waals surface area contributed by atoms with E-state index in [4.69, 9.17) is 15.2 Å². The molecule has 2 aromatic carbocycles. The predicted molar refractivity (Wildman–Crippen MR) is 88.6 cm³/mol. The van der Waals surface area contributed by atoms with E-state index in [2.05, 4.69) is 31.2 Å². The second kappa shape index (κ2) is 7.91. The smallest absolute Gasteiger partial charge is 0.160 e. The van der Waals surface area contributed by atoms with Gasteiger partial charge in [0.1, 0.15) is 0 Å². The number of hydrogen-bond donors (Lipinski definition) is 1. The van der Waals surface area contributed by atoms with Crippen molar-refractivity contribution in [2.45, 2.75) is 19.4 Å². The van der Waals surface area contributed by atoms with Crippen molar-refractivity contribution < 1.29 is 9.47 Å². The average molecular weight is 308 g/mol. The molecule has 1 unspecified atom stereocenters. The number of methoxy groups -OCH3 is 2. The Morgan fingerprint density at radius 3 is 2.14 bits per heavy atom. The maximum atomic E-state index is 6.27. The summed E-state index contributed by atoms with van der Waals surface area (Å²) in [6.45, 7) is 2.07. The van der Waals surface area contributed by atoms with Gasteiger partial charge in [0.2, 0.25) is 0 Å². The fourth-order valence-electron chi connectivity index (χ4n) is 2.19. The topological polar surface area (TPSA) is 44.5 Å². The van der Waals surface area contributed by atoms with Crippen molar-refractivity contribution in [2.75, 3.05) is 14.2 Å². The van der Waals surface area contributed by atoms with E-state index in [-0.39, 0.29) is 18.4 Å². The van der Waals surface area contributed by atoms with E-state index < -0.39 is 0 Å². The maximum Gasteiger partial charge on any atom is 0.160 e. The van der Waals surface area contributed by atoms with Gasteiger partial charge < -0.3 is 15.2 Å². The van der Waals surface area contributed by atoms with Crippen LogP contribution in [0.5, 0.6) is 11.5 Å². The third-order valence-electron chi connectivity index (χ3n) is 3.41. The van der Waals surface area contributed by atoms with Crippen molar-refractivity contribution in [1.29, 1.82) is 0 Å². The Bertz CT molecular complexity index is 570. The first kappa shape index (κ1) is 17.3. The highest BCUT2D eigenvalue weighted by Crippen LogP contribution is 2.29. The largest absolute Gasteiger partial charge is 0.493 e. The Morgan fingerprint density at radius 1 is 0.952 bits per heavy atom. The van der Waals surface area contributed by atoms with E-state index in [9.17, 15) is 0 Å². The Kier molecular flexibility index (Phi) is 6.53. The van der Waals surface area contributed by atoms with Gasteiger partial charge in [0.25, 0.3) is 0 Å². The lowest BCUT2D eigenvalue weighted by Gasteiger charge is -2.14. The number of aryl methyl sites for hydroxylation is 1. The van der Waals surface area contributed by atoms with Gasteiger partial charge in [-0.15, -0.1) is 12.4 Å². The van der Waals surface area contributed by atoms with E-state index >= 15 is 0 Å². The third-order valence-corrected chi connectivity index (χ3v) is 3.41. The Hall–Kier alpha value is -1.71. The molecular weight excluding hydrogens is 286 g/mol. The molecule has 0 aliphatic carbocycles. The molecule has 0 spiro atoms. The van der Waals surface area contributed by atoms with Gasteiger partial charge in [-0.2, -0.15) is 0 Å². The molecule has 0 amide bonds. The summed E-state index contributed by atoms with van der Waals surface area (Å²) in [4.78, 5) is 0. The number of rotatable bonds is 5. The zero-order valence-electron chi connectivity index (χ0n) is 12.6. The van der Waals surface area contributed by atoms with Gasteiger partial charge in [-0.25, -0.2) is 0 Å². The molecule has 0 aliphatic heterocycles. The van der Waals surface area contributed by atoms with Gasteiger partial charge in [-0.3, -0.25) is 0 Å². The molecule has 2 aromatic rings. The minimum atomic E-state index is -0.0197. The van der Waals surface area contributed by atoms with Gasteiger partial charge in [0.15, 0.2) is 11.5 Å². The molecule has 0 aromatic heterocycles. The lowest BCUT2D eigenvalue weighted by Crippen LogP contribution is -2.13. The fraction of sp³-hybridized carbons (Fsp3) is 0.294. The Balaban J connectivity index is 0.00000220. The van der Waals surface area contributed by atoms with Crippen LogP contribution < -0.4 is 15.2 Å². The van der Waals surface area contributed by atoms with Crippen LogP contribution in [0.15, 0.2) is 42.5 Å². The van der Waals surface area contributed by atoms with Crippen molar-refractivity contribution in [2.24, 2.45) is 5.73 Å². The van der Waals surface area contributed by atoms with Gasteiger partial charge in [-0.05, 0) is 36.6 Å². The first-order valence-corrected chi connectivity index (χ1v) is 6.67. The van der Waals surface area contributed by atoms with Crippen molar-refractivity contribution in [1.82, 2.24) is 0 Å². The predicted octanol–water partition coefficient (Wildman–Crippen LogP) is 3.68. The molecule has 0 radical (unpaired) electrons. The van der Waals surface area contributed by atoms with Gasteiger partial charge >= 0.3 is 0 Å². The lowest BCUT2D eigenvalue weighted by molar-refractivity contribution is 0.354. The quantitative estimate of drug-likeness (QED) is 0.916. The summed E-state index contributed by atoms with van der Waals surface area (Å²) in [5.74, 6) is 1.47. The molecule has 4 heteroatoms. The highest BCUT2D eigenvalue weighted by Gasteiger charge is 2.10. The second-order valence-electron chi connectivity index (χ2n) is 4.91. The normalized spacial score (nSPS) is 11.4. The number of hydrogen-bond acceptors (Lipinski definition) is 3. The standard InChI is InChI=1S/C17H21NO2.ClH/c1-12-4-7-14(8-5-12)15(18)10-13-6-9-16(19-2)17(11-13)20-3;/h4-9,11,15H,10,18H2,1-3H3;1H. The monoisotopic (exact) mass is 307 g/mol. The van der Waals surface area contributed by atoms with Crippen LogP contribution in [0, 0.1) is 6.92 Å². The third kappa shape index (κ3) is 4.38. The minimum Gasteiger partial charge on any atom is -0.493 e. The fourth-order valence-corrected chi connectivity index (χ4v) is 2.19. The van der Waals surface area contributed by atoms with Crippen LogP contribution in [0.25, 0.3) is 0 Å². The Labute approximate surface area is 132 Å². The molecule has 3 nitrogen and oxygen atoms in total. The summed E-state index contributed by atoms with van der Waals surface area (Å²) in [6.07, 6.45) is 0.767. The lowest BCUT2D eigenvalue weighted by atomic mass is 9.98. The zero-order chi connectivity index (χ0) is 14.5. The van der Waals surface area contributed by atoms with Crippen LogP contribution >= 0.6 is 12.4 Å². The van der Waals surface area contributed by atoms with Crippen molar-refractivity contribution >= 4 is 12.4 Å². The summed E-state index contributed by atoms with van der Waals surface area (Å²) in [5, 5.41) is 0. The highest BCUT2D eigenvalue weighted by atomic mass is 35.5. The van der Waals surface area contributed by atoms with Gasteiger partial charge in [0, 0.05) is 6.04 Å². The van der Waals surface area contributed by atoms with Crippen molar-refractivity contribution in [3.63, 3.8) is 0 Å². The van der Waals surface area contributed by atoms with Crippen LogP contribution in [0.4, 0.5) is 0 Å².